The van der Waals surface area contributed by atoms with Gasteiger partial charge < -0.3 is 4.90 Å². The predicted octanol–water partition coefficient (Wildman–Crippen LogP) is 4.13. The second-order valence-electron chi connectivity index (χ2n) is 6.88. The summed E-state index contributed by atoms with van der Waals surface area (Å²) in [6.07, 6.45) is 3.49. The summed E-state index contributed by atoms with van der Waals surface area (Å²) in [5.41, 5.74) is 3.91. The second-order valence-corrected chi connectivity index (χ2v) is 8.02. The van der Waals surface area contributed by atoms with Gasteiger partial charge in [-0.1, -0.05) is 36.4 Å². The zero-order valence-electron chi connectivity index (χ0n) is 14.6. The van der Waals surface area contributed by atoms with E-state index in [2.05, 4.69) is 48.3 Å². The molecule has 0 radical (unpaired) electrons. The summed E-state index contributed by atoms with van der Waals surface area (Å²) < 4.78 is 0. The van der Waals surface area contributed by atoms with E-state index in [9.17, 15) is 4.79 Å². The van der Waals surface area contributed by atoms with E-state index in [0.29, 0.717) is 12.6 Å². The van der Waals surface area contributed by atoms with Crippen LogP contribution in [0.15, 0.2) is 53.4 Å². The summed E-state index contributed by atoms with van der Waals surface area (Å²) in [6, 6.07) is 17.3. The van der Waals surface area contributed by atoms with Gasteiger partial charge in [-0.2, -0.15) is 0 Å². The molecule has 1 amide bonds. The average Bonchev–Trinajstić information content (AvgIpc) is 2.67. The molecule has 1 heterocycles. The Morgan fingerprint density at radius 3 is 2.92 bits per heavy atom. The summed E-state index contributed by atoms with van der Waals surface area (Å²) in [5, 5.41) is 0. The molecule has 25 heavy (non-hydrogen) atoms. The van der Waals surface area contributed by atoms with Crippen LogP contribution in [0.3, 0.4) is 0 Å². The van der Waals surface area contributed by atoms with Crippen LogP contribution in [0.25, 0.3) is 0 Å². The Labute approximate surface area is 154 Å². The van der Waals surface area contributed by atoms with E-state index >= 15 is 0 Å². The van der Waals surface area contributed by atoms with Crippen LogP contribution in [-0.4, -0.2) is 36.7 Å². The molecule has 4 heteroatoms. The van der Waals surface area contributed by atoms with E-state index in [1.165, 1.54) is 22.4 Å². The average molecular weight is 353 g/mol. The quantitative estimate of drug-likeness (QED) is 0.830. The highest BCUT2D eigenvalue weighted by Crippen LogP contribution is 2.36. The number of benzene rings is 2. The molecule has 0 aromatic heterocycles. The van der Waals surface area contributed by atoms with Crippen LogP contribution in [0.2, 0.25) is 0 Å². The number of hydrogen-bond acceptors (Lipinski definition) is 3. The highest BCUT2D eigenvalue weighted by molar-refractivity contribution is 7.99. The maximum atomic E-state index is 13.0. The van der Waals surface area contributed by atoms with Crippen LogP contribution in [0, 0.1) is 0 Å². The Morgan fingerprint density at radius 2 is 2.00 bits per heavy atom. The van der Waals surface area contributed by atoms with Gasteiger partial charge in [0.05, 0.1) is 12.2 Å². The molecule has 130 valence electrons. The Hall–Kier alpha value is -1.78. The standard InChI is InChI=1S/C21H24N2OS/c1-22(18-11-6-8-16-7-2-3-9-17(16)18)15-21(24)23-13-14-25-20-12-5-4-10-19(20)23/h2-5,7,9-10,12,18H,6,8,11,13-15H2,1H3. The molecule has 1 atom stereocenters. The normalized spacial score (nSPS) is 19.4. The van der Waals surface area contributed by atoms with Gasteiger partial charge in [-0.3, -0.25) is 9.69 Å². The maximum absolute atomic E-state index is 13.0. The highest BCUT2D eigenvalue weighted by atomic mass is 32.2. The molecule has 2 aromatic carbocycles. The van der Waals surface area contributed by atoms with Gasteiger partial charge in [0.25, 0.3) is 0 Å². The molecule has 1 aliphatic heterocycles. The van der Waals surface area contributed by atoms with Crippen molar-refractivity contribution in [2.75, 3.05) is 30.8 Å². The maximum Gasteiger partial charge on any atom is 0.241 e. The lowest BCUT2D eigenvalue weighted by Gasteiger charge is -2.35. The highest BCUT2D eigenvalue weighted by Gasteiger charge is 2.28. The molecule has 0 bridgehead atoms. The first kappa shape index (κ1) is 16.7. The number of nitrogens with zero attached hydrogens (tertiary/aromatic N) is 2. The number of fused-ring (bicyclic) bond motifs is 2. The van der Waals surface area contributed by atoms with Crippen molar-refractivity contribution in [3.05, 3.63) is 59.7 Å². The molecule has 0 spiro atoms. The van der Waals surface area contributed by atoms with Crippen molar-refractivity contribution in [2.45, 2.75) is 30.2 Å². The lowest BCUT2D eigenvalue weighted by Crippen LogP contribution is -2.43. The third kappa shape index (κ3) is 3.33. The number of likely N-dealkylation sites (N-methyl/N-ethyl adjacent to an activating group) is 1. The zero-order chi connectivity index (χ0) is 17.2. The zero-order valence-corrected chi connectivity index (χ0v) is 15.5. The van der Waals surface area contributed by atoms with Crippen LogP contribution in [0.5, 0.6) is 0 Å². The van der Waals surface area contributed by atoms with Crippen molar-refractivity contribution < 1.29 is 4.79 Å². The fourth-order valence-electron chi connectivity index (χ4n) is 4.02. The molecule has 0 fully saturated rings. The summed E-state index contributed by atoms with van der Waals surface area (Å²) in [4.78, 5) is 18.4. The molecule has 1 aliphatic carbocycles. The van der Waals surface area contributed by atoms with Crippen LogP contribution in [0.4, 0.5) is 5.69 Å². The molecule has 2 aliphatic rings. The first-order valence-electron chi connectivity index (χ1n) is 9.04. The molecule has 4 rings (SSSR count). The van der Waals surface area contributed by atoms with Gasteiger partial charge in [-0.25, -0.2) is 0 Å². The van der Waals surface area contributed by atoms with E-state index in [-0.39, 0.29) is 5.91 Å². The first-order valence-corrected chi connectivity index (χ1v) is 10.0. The molecule has 1 unspecified atom stereocenters. The molecular formula is C21H24N2OS. The van der Waals surface area contributed by atoms with Crippen molar-refractivity contribution in [1.82, 2.24) is 4.90 Å². The van der Waals surface area contributed by atoms with Gasteiger partial charge in [0.15, 0.2) is 0 Å². The monoisotopic (exact) mass is 352 g/mol. The topological polar surface area (TPSA) is 23.6 Å². The third-order valence-electron chi connectivity index (χ3n) is 5.28. The fourth-order valence-corrected chi connectivity index (χ4v) is 5.02. The number of para-hydroxylation sites is 1. The van der Waals surface area contributed by atoms with Crippen molar-refractivity contribution in [3.63, 3.8) is 0 Å². The second kappa shape index (κ2) is 7.22. The third-order valence-corrected chi connectivity index (χ3v) is 6.33. The van der Waals surface area contributed by atoms with Gasteiger partial charge in [0, 0.05) is 23.2 Å². The van der Waals surface area contributed by atoms with E-state index < -0.39 is 0 Å². The lowest BCUT2D eigenvalue weighted by atomic mass is 9.87. The minimum Gasteiger partial charge on any atom is -0.309 e. The molecule has 3 nitrogen and oxygen atoms in total. The van der Waals surface area contributed by atoms with E-state index in [1.807, 2.05) is 28.8 Å². The molecular weight excluding hydrogens is 328 g/mol. The SMILES string of the molecule is CN(CC(=O)N1CCSc2ccccc21)C1CCCc2ccccc21. The van der Waals surface area contributed by atoms with Gasteiger partial charge >= 0.3 is 0 Å². The number of anilines is 1. The minimum atomic E-state index is 0.207. The number of hydrogen-bond donors (Lipinski definition) is 0. The summed E-state index contributed by atoms with van der Waals surface area (Å²) in [6.45, 7) is 1.27. The largest absolute Gasteiger partial charge is 0.309 e. The van der Waals surface area contributed by atoms with Crippen LogP contribution in [0.1, 0.15) is 30.0 Å². The van der Waals surface area contributed by atoms with Crippen molar-refractivity contribution >= 4 is 23.4 Å². The fraction of sp³-hybridized carbons (Fsp3) is 0.381. The Kier molecular flexibility index (Phi) is 4.82. The number of thioether (sulfide) groups is 1. The van der Waals surface area contributed by atoms with Crippen molar-refractivity contribution in [3.8, 4) is 0 Å². The van der Waals surface area contributed by atoms with Crippen LogP contribution < -0.4 is 4.90 Å². The van der Waals surface area contributed by atoms with Crippen LogP contribution >= 0.6 is 11.8 Å². The minimum absolute atomic E-state index is 0.207. The Bertz CT molecular complexity index is 776. The summed E-state index contributed by atoms with van der Waals surface area (Å²) in [7, 11) is 2.09. The number of carbonyl (C=O) groups is 1. The van der Waals surface area contributed by atoms with Crippen molar-refractivity contribution in [2.24, 2.45) is 0 Å². The van der Waals surface area contributed by atoms with Crippen LogP contribution in [-0.2, 0) is 11.2 Å². The van der Waals surface area contributed by atoms with Gasteiger partial charge in [0.1, 0.15) is 0 Å². The van der Waals surface area contributed by atoms with E-state index in [4.69, 9.17) is 0 Å². The first-order chi connectivity index (χ1) is 12.2. The summed E-state index contributed by atoms with van der Waals surface area (Å²) >= 11 is 1.84. The van der Waals surface area contributed by atoms with E-state index in [0.717, 1.165) is 30.8 Å². The van der Waals surface area contributed by atoms with Gasteiger partial charge in [-0.05, 0) is 49.6 Å². The molecule has 0 saturated carbocycles. The summed E-state index contributed by atoms with van der Waals surface area (Å²) in [5.74, 6) is 1.18. The van der Waals surface area contributed by atoms with Gasteiger partial charge in [0.2, 0.25) is 5.91 Å². The number of carbonyl (C=O) groups excluding carboxylic acids is 1. The molecule has 0 saturated heterocycles. The number of rotatable bonds is 3. The van der Waals surface area contributed by atoms with E-state index in [1.54, 1.807) is 0 Å². The Morgan fingerprint density at radius 1 is 1.20 bits per heavy atom. The lowest BCUT2D eigenvalue weighted by molar-refractivity contribution is -0.120. The number of amides is 1. The van der Waals surface area contributed by atoms with Crippen molar-refractivity contribution in [1.29, 1.82) is 0 Å². The number of aryl methyl sites for hydroxylation is 1. The van der Waals surface area contributed by atoms with Gasteiger partial charge in [-0.15, -0.1) is 11.8 Å². The molecule has 2 aromatic rings. The molecule has 0 N–H and O–H groups in total. The Balaban J connectivity index is 1.51. The predicted molar refractivity (Wildman–Crippen MR) is 104 cm³/mol. The smallest absolute Gasteiger partial charge is 0.241 e.